The van der Waals surface area contributed by atoms with Crippen LogP contribution < -0.4 is 0 Å². The van der Waals surface area contributed by atoms with Crippen molar-refractivity contribution in [3.05, 3.63) is 40.6 Å². The first-order valence-corrected chi connectivity index (χ1v) is 6.25. The van der Waals surface area contributed by atoms with Gasteiger partial charge >= 0.3 is 5.97 Å². The van der Waals surface area contributed by atoms with Crippen molar-refractivity contribution in [1.29, 1.82) is 0 Å². The van der Waals surface area contributed by atoms with E-state index in [1.165, 1.54) is 0 Å². The summed E-state index contributed by atoms with van der Waals surface area (Å²) in [4.78, 5) is 10.8. The minimum atomic E-state index is -0.826. The zero-order valence-electron chi connectivity index (χ0n) is 9.75. The highest BCUT2D eigenvalue weighted by Gasteiger charge is 2.14. The van der Waals surface area contributed by atoms with Gasteiger partial charge in [0.05, 0.1) is 23.5 Å². The predicted octanol–water partition coefficient (Wildman–Crippen LogP) is 2.29. The highest BCUT2D eigenvalue weighted by Crippen LogP contribution is 2.14. The quantitative estimate of drug-likeness (QED) is 0.941. The monoisotopic (exact) mass is 309 g/mol. The summed E-state index contributed by atoms with van der Waals surface area (Å²) in [6, 6.07) is 7.64. The van der Waals surface area contributed by atoms with Crippen molar-refractivity contribution in [3.63, 3.8) is 0 Å². The van der Waals surface area contributed by atoms with E-state index in [0.717, 1.165) is 10.2 Å². The number of rotatable bonds is 4. The first-order chi connectivity index (χ1) is 8.56. The van der Waals surface area contributed by atoms with Crippen molar-refractivity contribution < 1.29 is 9.90 Å². The number of halogens is 1. The topological polar surface area (TPSA) is 68.0 Å². The molecule has 1 aromatic heterocycles. The molecule has 0 spiro atoms. The molecule has 1 N–H and O–H groups in total. The summed E-state index contributed by atoms with van der Waals surface area (Å²) in [6.07, 6.45) is 2.13. The average molecular weight is 310 g/mol. The standard InChI is InChI=1S/C12H12BrN3O2/c1-8(12(17)18)6-10-7-16(15-14-10)11-4-2-9(13)3-5-11/h2-5,7-8H,6H2,1H3,(H,17,18). The van der Waals surface area contributed by atoms with Crippen LogP contribution in [0.5, 0.6) is 0 Å². The van der Waals surface area contributed by atoms with Crippen LogP contribution in [0.1, 0.15) is 12.6 Å². The fourth-order valence-corrected chi connectivity index (χ4v) is 1.78. The number of hydrogen-bond donors (Lipinski definition) is 1. The molecule has 0 aliphatic carbocycles. The van der Waals surface area contributed by atoms with Gasteiger partial charge in [-0.1, -0.05) is 28.1 Å². The van der Waals surface area contributed by atoms with Gasteiger partial charge in [-0.25, -0.2) is 4.68 Å². The molecule has 0 aliphatic heterocycles. The Bertz CT molecular complexity index is 551. The summed E-state index contributed by atoms with van der Waals surface area (Å²) >= 11 is 3.36. The normalized spacial score (nSPS) is 12.3. The number of aliphatic carboxylic acids is 1. The average Bonchev–Trinajstić information content (AvgIpc) is 2.78. The molecule has 0 radical (unpaired) electrons. The lowest BCUT2D eigenvalue weighted by atomic mass is 10.1. The molecule has 1 unspecified atom stereocenters. The van der Waals surface area contributed by atoms with Gasteiger partial charge in [-0.2, -0.15) is 0 Å². The van der Waals surface area contributed by atoms with Crippen LogP contribution in [0.2, 0.25) is 0 Å². The fourth-order valence-electron chi connectivity index (χ4n) is 1.51. The number of hydrogen-bond acceptors (Lipinski definition) is 3. The summed E-state index contributed by atoms with van der Waals surface area (Å²) < 4.78 is 2.63. The van der Waals surface area contributed by atoms with E-state index in [0.29, 0.717) is 12.1 Å². The lowest BCUT2D eigenvalue weighted by Gasteiger charge is -2.01. The third-order valence-electron chi connectivity index (χ3n) is 2.57. The number of carboxylic acids is 1. The second-order valence-electron chi connectivity index (χ2n) is 4.07. The summed E-state index contributed by atoms with van der Waals surface area (Å²) in [5.41, 5.74) is 1.56. The molecule has 18 heavy (non-hydrogen) atoms. The minimum Gasteiger partial charge on any atom is -0.481 e. The van der Waals surface area contributed by atoms with Crippen LogP contribution in [0.25, 0.3) is 5.69 Å². The van der Waals surface area contributed by atoms with Crippen LogP contribution in [-0.4, -0.2) is 26.1 Å². The van der Waals surface area contributed by atoms with Gasteiger partial charge in [-0.15, -0.1) is 5.10 Å². The SMILES string of the molecule is CC(Cc1cn(-c2ccc(Br)cc2)nn1)C(=O)O. The van der Waals surface area contributed by atoms with Crippen molar-refractivity contribution in [2.24, 2.45) is 5.92 Å². The minimum absolute atomic E-state index is 0.381. The van der Waals surface area contributed by atoms with Crippen molar-refractivity contribution in [2.75, 3.05) is 0 Å². The Morgan fingerprint density at radius 1 is 1.44 bits per heavy atom. The van der Waals surface area contributed by atoms with E-state index in [9.17, 15) is 4.79 Å². The molecule has 5 nitrogen and oxygen atoms in total. The summed E-state index contributed by atoms with van der Waals surface area (Å²) in [5, 5.41) is 16.8. The third-order valence-corrected chi connectivity index (χ3v) is 3.10. The first-order valence-electron chi connectivity index (χ1n) is 5.46. The summed E-state index contributed by atoms with van der Waals surface area (Å²) in [5.74, 6) is -1.28. The van der Waals surface area contributed by atoms with Gasteiger partial charge in [-0.3, -0.25) is 4.79 Å². The maximum atomic E-state index is 10.8. The predicted molar refractivity (Wildman–Crippen MR) is 69.6 cm³/mol. The molecule has 0 aliphatic rings. The Morgan fingerprint density at radius 2 is 2.11 bits per heavy atom. The lowest BCUT2D eigenvalue weighted by Crippen LogP contribution is -2.12. The van der Waals surface area contributed by atoms with E-state index < -0.39 is 11.9 Å². The Labute approximate surface area is 113 Å². The largest absolute Gasteiger partial charge is 0.481 e. The van der Waals surface area contributed by atoms with Gasteiger partial charge in [0.25, 0.3) is 0 Å². The number of carbonyl (C=O) groups is 1. The Balaban J connectivity index is 2.15. The van der Waals surface area contributed by atoms with E-state index in [2.05, 4.69) is 26.2 Å². The zero-order valence-corrected chi connectivity index (χ0v) is 11.3. The van der Waals surface area contributed by atoms with Gasteiger partial charge in [0.1, 0.15) is 0 Å². The number of aromatic nitrogens is 3. The van der Waals surface area contributed by atoms with E-state index in [-0.39, 0.29) is 0 Å². The van der Waals surface area contributed by atoms with Crippen LogP contribution in [0.15, 0.2) is 34.9 Å². The first kappa shape index (κ1) is 12.8. The van der Waals surface area contributed by atoms with Gasteiger partial charge < -0.3 is 5.11 Å². The Hall–Kier alpha value is -1.69. The molecule has 0 fully saturated rings. The molecule has 6 heteroatoms. The number of carboxylic acid groups (broad SMARTS) is 1. The van der Waals surface area contributed by atoms with E-state index >= 15 is 0 Å². The highest BCUT2D eigenvalue weighted by molar-refractivity contribution is 9.10. The van der Waals surface area contributed by atoms with E-state index in [4.69, 9.17) is 5.11 Å². The Kier molecular flexibility index (Phi) is 3.76. The molecular formula is C12H12BrN3O2. The second-order valence-corrected chi connectivity index (χ2v) is 4.99. The smallest absolute Gasteiger partial charge is 0.306 e. The molecule has 1 atom stereocenters. The van der Waals surface area contributed by atoms with Crippen molar-refractivity contribution in [2.45, 2.75) is 13.3 Å². The molecule has 2 aromatic rings. The van der Waals surface area contributed by atoms with Crippen LogP contribution in [-0.2, 0) is 11.2 Å². The fraction of sp³-hybridized carbons (Fsp3) is 0.250. The van der Waals surface area contributed by atoms with Gasteiger partial charge in [0.2, 0.25) is 0 Å². The summed E-state index contributed by atoms with van der Waals surface area (Å²) in [7, 11) is 0. The summed E-state index contributed by atoms with van der Waals surface area (Å²) in [6.45, 7) is 1.65. The number of benzene rings is 1. The zero-order chi connectivity index (χ0) is 13.1. The van der Waals surface area contributed by atoms with Crippen molar-refractivity contribution >= 4 is 21.9 Å². The molecule has 1 aromatic carbocycles. The van der Waals surface area contributed by atoms with Crippen LogP contribution >= 0.6 is 15.9 Å². The molecule has 94 valence electrons. The highest BCUT2D eigenvalue weighted by atomic mass is 79.9. The van der Waals surface area contributed by atoms with Gasteiger partial charge in [0, 0.05) is 10.9 Å². The maximum Gasteiger partial charge on any atom is 0.306 e. The molecular weight excluding hydrogens is 298 g/mol. The molecule has 0 saturated carbocycles. The van der Waals surface area contributed by atoms with Crippen LogP contribution in [0.4, 0.5) is 0 Å². The molecule has 0 saturated heterocycles. The van der Waals surface area contributed by atoms with E-state index in [1.54, 1.807) is 17.8 Å². The lowest BCUT2D eigenvalue weighted by molar-refractivity contribution is -0.141. The molecule has 1 heterocycles. The van der Waals surface area contributed by atoms with Crippen LogP contribution in [0.3, 0.4) is 0 Å². The number of nitrogens with zero attached hydrogens (tertiary/aromatic N) is 3. The molecule has 0 amide bonds. The van der Waals surface area contributed by atoms with Crippen LogP contribution in [0, 0.1) is 5.92 Å². The molecule has 0 bridgehead atoms. The van der Waals surface area contributed by atoms with E-state index in [1.807, 2.05) is 24.3 Å². The van der Waals surface area contributed by atoms with Crippen molar-refractivity contribution in [3.8, 4) is 5.69 Å². The maximum absolute atomic E-state index is 10.8. The van der Waals surface area contributed by atoms with Gasteiger partial charge in [-0.05, 0) is 24.3 Å². The Morgan fingerprint density at radius 3 is 2.72 bits per heavy atom. The van der Waals surface area contributed by atoms with Gasteiger partial charge in [0.15, 0.2) is 0 Å². The molecule has 2 rings (SSSR count). The van der Waals surface area contributed by atoms with Crippen molar-refractivity contribution in [1.82, 2.24) is 15.0 Å². The second kappa shape index (κ2) is 5.30. The third kappa shape index (κ3) is 2.95.